The number of hydrogen-bond donors (Lipinski definition) is 3. The largest absolute Gasteiger partial charge is 0.477 e. The molecular formula is C21H24F3N7O3. The minimum atomic E-state index is -4.55. The number of carbonyl (C=O) groups excluding carboxylic acids is 1. The smallest absolute Gasteiger partial charge is 0.416 e. The van der Waals surface area contributed by atoms with Crippen molar-refractivity contribution in [2.75, 3.05) is 55.8 Å². The molecule has 0 radical (unpaired) electrons. The molecule has 0 aliphatic carbocycles. The highest BCUT2D eigenvalue weighted by atomic mass is 19.4. The van der Waals surface area contributed by atoms with Crippen LogP contribution < -0.4 is 21.1 Å². The summed E-state index contributed by atoms with van der Waals surface area (Å²) < 4.78 is 49.9. The molecule has 0 unspecified atom stereocenters. The first-order chi connectivity index (χ1) is 16.2. The van der Waals surface area contributed by atoms with Crippen molar-refractivity contribution in [2.24, 2.45) is 0 Å². The molecule has 1 aromatic carbocycles. The highest BCUT2D eigenvalue weighted by Gasteiger charge is 2.31. The summed E-state index contributed by atoms with van der Waals surface area (Å²) >= 11 is 0. The molecule has 182 valence electrons. The molecule has 1 aliphatic rings. The molecule has 13 heteroatoms. The molecule has 1 atom stereocenters. The van der Waals surface area contributed by atoms with E-state index in [1.54, 1.807) is 6.92 Å². The summed E-state index contributed by atoms with van der Waals surface area (Å²) in [5, 5.41) is 15.0. The number of nitrogens with one attached hydrogen (secondary N) is 2. The summed E-state index contributed by atoms with van der Waals surface area (Å²) in [5.41, 5.74) is 4.79. The first kappa shape index (κ1) is 25.0. The number of alkyl halides is 3. The lowest BCUT2D eigenvalue weighted by atomic mass is 10.1. The maximum absolute atomic E-state index is 13.1. The van der Waals surface area contributed by atoms with Gasteiger partial charge in [-0.3, -0.25) is 9.69 Å². The number of amides is 1. The van der Waals surface area contributed by atoms with E-state index in [4.69, 9.17) is 15.2 Å². The number of benzene rings is 1. The van der Waals surface area contributed by atoms with Crippen molar-refractivity contribution in [1.29, 1.82) is 5.26 Å². The first-order valence-electron chi connectivity index (χ1n) is 10.5. The van der Waals surface area contributed by atoms with E-state index in [1.165, 1.54) is 12.1 Å². The molecule has 2 aromatic rings. The van der Waals surface area contributed by atoms with Crippen molar-refractivity contribution < 1.29 is 27.4 Å². The van der Waals surface area contributed by atoms with E-state index in [9.17, 15) is 23.2 Å². The average molecular weight is 479 g/mol. The van der Waals surface area contributed by atoms with Crippen LogP contribution >= 0.6 is 0 Å². The number of aromatic nitrogens is 2. The summed E-state index contributed by atoms with van der Waals surface area (Å²) in [5.74, 6) is -0.850. The minimum Gasteiger partial charge on any atom is -0.477 e. The van der Waals surface area contributed by atoms with Crippen LogP contribution in [0.2, 0.25) is 0 Å². The van der Waals surface area contributed by atoms with Gasteiger partial charge in [-0.25, -0.2) is 0 Å². The Labute approximate surface area is 193 Å². The fraction of sp³-hybridized carbons (Fsp3) is 0.429. The highest BCUT2D eigenvalue weighted by molar-refractivity contribution is 5.97. The Kier molecular flexibility index (Phi) is 8.08. The van der Waals surface area contributed by atoms with Crippen molar-refractivity contribution in [3.8, 4) is 11.9 Å². The fourth-order valence-electron chi connectivity index (χ4n) is 3.31. The van der Waals surface area contributed by atoms with E-state index in [2.05, 4.69) is 20.6 Å². The van der Waals surface area contributed by atoms with E-state index in [-0.39, 0.29) is 42.0 Å². The first-order valence-corrected chi connectivity index (χ1v) is 10.5. The lowest BCUT2D eigenvalue weighted by Gasteiger charge is -2.30. The highest BCUT2D eigenvalue weighted by Crippen LogP contribution is 2.31. The number of halogens is 3. The monoisotopic (exact) mass is 479 g/mol. The van der Waals surface area contributed by atoms with Gasteiger partial charge in [-0.15, -0.1) is 0 Å². The van der Waals surface area contributed by atoms with Gasteiger partial charge in [-0.2, -0.15) is 28.4 Å². The number of carbonyl (C=O) groups is 1. The Morgan fingerprint density at radius 2 is 2.09 bits per heavy atom. The number of nitrogens with two attached hydrogens (primary N) is 1. The standard InChI is InChI=1S/C21H24F3N7O3/c1-2-34-19-15(11-25)17(29-20(26)30-19)28-16(12-31-6-8-33-9-7-31)18(32)27-14-5-3-4-13(10-14)21(22,23)24/h3-5,10,16H,2,6-9,12H2,1H3,(H,27,32)(H3,26,28,29,30)/t16-/m0/s1. The second kappa shape index (κ2) is 11.0. The maximum atomic E-state index is 13.1. The number of nitrogens with zero attached hydrogens (tertiary/aromatic N) is 4. The predicted octanol–water partition coefficient (Wildman–Crippen LogP) is 2.10. The molecule has 0 saturated carbocycles. The molecule has 3 rings (SSSR count). The molecule has 4 N–H and O–H groups in total. The van der Waals surface area contributed by atoms with E-state index >= 15 is 0 Å². The van der Waals surface area contributed by atoms with Crippen LogP contribution in [0.15, 0.2) is 24.3 Å². The van der Waals surface area contributed by atoms with Gasteiger partial charge in [0.25, 0.3) is 0 Å². The van der Waals surface area contributed by atoms with Crippen LogP contribution in [0.5, 0.6) is 5.88 Å². The number of morpholine rings is 1. The van der Waals surface area contributed by atoms with Gasteiger partial charge < -0.3 is 25.8 Å². The summed E-state index contributed by atoms with van der Waals surface area (Å²) in [4.78, 5) is 23.0. The van der Waals surface area contributed by atoms with Gasteiger partial charge in [0, 0.05) is 25.3 Å². The Morgan fingerprint density at radius 3 is 2.74 bits per heavy atom. The molecule has 0 bridgehead atoms. The van der Waals surface area contributed by atoms with E-state index in [1.807, 2.05) is 11.0 Å². The Hall–Kier alpha value is -3.63. The SMILES string of the molecule is CCOc1nc(N)nc(N[C@@H](CN2CCOCC2)C(=O)Nc2cccc(C(F)(F)F)c2)c1C#N. The number of nitrogen functional groups attached to an aromatic ring is 1. The lowest BCUT2D eigenvalue weighted by Crippen LogP contribution is -2.48. The van der Waals surface area contributed by atoms with Gasteiger partial charge in [-0.1, -0.05) is 6.07 Å². The molecule has 1 amide bonds. The fourth-order valence-corrected chi connectivity index (χ4v) is 3.31. The normalized spacial score (nSPS) is 15.3. The molecular weight excluding hydrogens is 455 g/mol. The van der Waals surface area contributed by atoms with Crippen LogP contribution in [0.3, 0.4) is 0 Å². The van der Waals surface area contributed by atoms with Gasteiger partial charge in [-0.05, 0) is 25.1 Å². The van der Waals surface area contributed by atoms with Gasteiger partial charge in [0.05, 0.1) is 25.4 Å². The topological polar surface area (TPSA) is 138 Å². The molecule has 10 nitrogen and oxygen atoms in total. The van der Waals surface area contributed by atoms with Gasteiger partial charge in [0.2, 0.25) is 17.7 Å². The lowest BCUT2D eigenvalue weighted by molar-refractivity contribution is -0.137. The second-order valence-electron chi connectivity index (χ2n) is 7.33. The molecule has 1 aliphatic heterocycles. The van der Waals surface area contributed by atoms with Gasteiger partial charge in [0.1, 0.15) is 12.1 Å². The third-order valence-corrected chi connectivity index (χ3v) is 4.92. The molecule has 34 heavy (non-hydrogen) atoms. The van der Waals surface area contributed by atoms with Crippen LogP contribution in [0, 0.1) is 11.3 Å². The van der Waals surface area contributed by atoms with E-state index in [0.29, 0.717) is 26.3 Å². The summed E-state index contributed by atoms with van der Waals surface area (Å²) in [6.45, 7) is 4.15. The van der Waals surface area contributed by atoms with Crippen LogP contribution in [0.4, 0.5) is 30.6 Å². The Morgan fingerprint density at radius 1 is 1.35 bits per heavy atom. The second-order valence-corrected chi connectivity index (χ2v) is 7.33. The van der Waals surface area contributed by atoms with Gasteiger partial charge >= 0.3 is 6.18 Å². The van der Waals surface area contributed by atoms with Crippen molar-refractivity contribution in [3.63, 3.8) is 0 Å². The maximum Gasteiger partial charge on any atom is 0.416 e. The zero-order chi connectivity index (χ0) is 24.7. The predicted molar refractivity (Wildman–Crippen MR) is 117 cm³/mol. The van der Waals surface area contributed by atoms with Crippen LogP contribution in [-0.2, 0) is 15.7 Å². The van der Waals surface area contributed by atoms with E-state index in [0.717, 1.165) is 12.1 Å². The van der Waals surface area contributed by atoms with E-state index < -0.39 is 23.7 Å². The summed E-state index contributed by atoms with van der Waals surface area (Å²) in [6.07, 6.45) is -4.55. The zero-order valence-electron chi connectivity index (χ0n) is 18.4. The number of nitriles is 1. The third-order valence-electron chi connectivity index (χ3n) is 4.92. The molecule has 1 fully saturated rings. The number of ether oxygens (including phenoxy) is 2. The van der Waals surface area contributed by atoms with Crippen molar-refractivity contribution in [1.82, 2.24) is 14.9 Å². The summed E-state index contributed by atoms with van der Waals surface area (Å²) in [6, 6.07) is 5.27. The zero-order valence-corrected chi connectivity index (χ0v) is 18.4. The van der Waals surface area contributed by atoms with Crippen molar-refractivity contribution >= 4 is 23.4 Å². The van der Waals surface area contributed by atoms with Crippen LogP contribution in [0.1, 0.15) is 18.1 Å². The van der Waals surface area contributed by atoms with Crippen LogP contribution in [0.25, 0.3) is 0 Å². The quantitative estimate of drug-likeness (QED) is 0.519. The van der Waals surface area contributed by atoms with Crippen molar-refractivity contribution in [2.45, 2.75) is 19.1 Å². The van der Waals surface area contributed by atoms with Gasteiger partial charge in [0.15, 0.2) is 11.4 Å². The third kappa shape index (κ3) is 6.46. The molecule has 1 saturated heterocycles. The van der Waals surface area contributed by atoms with Crippen molar-refractivity contribution in [3.05, 3.63) is 35.4 Å². The number of rotatable bonds is 8. The number of anilines is 3. The molecule has 2 heterocycles. The molecule has 1 aromatic heterocycles. The summed E-state index contributed by atoms with van der Waals surface area (Å²) in [7, 11) is 0. The minimum absolute atomic E-state index is 0.0177. The average Bonchev–Trinajstić information content (AvgIpc) is 2.79. The Bertz CT molecular complexity index is 1050. The van der Waals surface area contributed by atoms with Crippen LogP contribution in [-0.4, -0.2) is 66.3 Å². The number of hydrogen-bond acceptors (Lipinski definition) is 9. The Balaban J connectivity index is 1.89. The molecule has 0 spiro atoms.